The molecule has 0 unspecified atom stereocenters. The van der Waals surface area contributed by atoms with Gasteiger partial charge >= 0.3 is 0 Å². The van der Waals surface area contributed by atoms with Crippen LogP contribution in [-0.4, -0.2) is 4.57 Å². The summed E-state index contributed by atoms with van der Waals surface area (Å²) in [5.41, 5.74) is 9.81. The van der Waals surface area contributed by atoms with Crippen molar-refractivity contribution in [3.05, 3.63) is 119 Å². The smallest absolute Gasteiger partial charge is 0.144 e. The van der Waals surface area contributed by atoms with E-state index in [1.807, 2.05) is 0 Å². The summed E-state index contributed by atoms with van der Waals surface area (Å²) in [4.78, 5) is 0. The minimum atomic E-state index is 0.0882. The van der Waals surface area contributed by atoms with Gasteiger partial charge in [0.05, 0.1) is 5.52 Å². The van der Waals surface area contributed by atoms with Crippen molar-refractivity contribution < 1.29 is 4.42 Å². The Bertz CT molecular complexity index is 2320. The lowest BCUT2D eigenvalue weighted by molar-refractivity contribution is 0.591. The van der Waals surface area contributed by atoms with E-state index in [1.165, 1.54) is 71.0 Å². The topological polar surface area (TPSA) is 18.1 Å². The van der Waals surface area contributed by atoms with Crippen LogP contribution in [-0.2, 0) is 12.0 Å². The lowest BCUT2D eigenvalue weighted by Gasteiger charge is -2.19. The number of benzene rings is 6. The van der Waals surface area contributed by atoms with Crippen molar-refractivity contribution >= 4 is 65.3 Å². The van der Waals surface area contributed by atoms with E-state index >= 15 is 0 Å². The van der Waals surface area contributed by atoms with Gasteiger partial charge in [-0.25, -0.2) is 0 Å². The average Bonchev–Trinajstić information content (AvgIpc) is 3.50. The maximum Gasteiger partial charge on any atom is 0.144 e. The first-order chi connectivity index (χ1) is 19.8. The van der Waals surface area contributed by atoms with E-state index in [0.29, 0.717) is 0 Å². The zero-order valence-electron chi connectivity index (χ0n) is 24.3. The molecule has 6 aromatic carbocycles. The molecule has 0 spiro atoms. The van der Waals surface area contributed by atoms with E-state index in [1.54, 1.807) is 0 Å². The van der Waals surface area contributed by atoms with E-state index < -0.39 is 0 Å². The maximum atomic E-state index is 6.81. The molecule has 2 heterocycles. The standard InChI is InChI=1S/C39H33NO/c1-23-19-24(2)33-31(20-23)40(22-25-11-7-6-8-12-25)37-29-13-9-10-14-30(29)38-36(35(33)37)34-28-17-16-27(39(3,4)5)21-26(28)15-18-32(34)41-38/h6-21H,22H2,1-5H3. The molecular formula is C39H33NO. The van der Waals surface area contributed by atoms with Crippen molar-refractivity contribution in [2.45, 2.75) is 46.6 Å². The lowest BCUT2D eigenvalue weighted by atomic mass is 9.85. The van der Waals surface area contributed by atoms with Crippen LogP contribution in [0, 0.1) is 13.8 Å². The van der Waals surface area contributed by atoms with Crippen molar-refractivity contribution in [1.82, 2.24) is 4.57 Å². The zero-order valence-corrected chi connectivity index (χ0v) is 24.3. The second-order valence-electron chi connectivity index (χ2n) is 12.7. The van der Waals surface area contributed by atoms with E-state index in [9.17, 15) is 0 Å². The maximum absolute atomic E-state index is 6.81. The third-order valence-corrected chi connectivity index (χ3v) is 8.90. The molecule has 0 saturated heterocycles. The van der Waals surface area contributed by atoms with Gasteiger partial charge in [0.25, 0.3) is 0 Å². The van der Waals surface area contributed by atoms with Crippen LogP contribution in [0.5, 0.6) is 0 Å². The normalized spacial score (nSPS) is 12.6. The summed E-state index contributed by atoms with van der Waals surface area (Å²) in [6.45, 7) is 12.1. The predicted molar refractivity (Wildman–Crippen MR) is 175 cm³/mol. The van der Waals surface area contributed by atoms with E-state index in [2.05, 4.69) is 136 Å². The Morgan fingerprint density at radius 2 is 1.41 bits per heavy atom. The van der Waals surface area contributed by atoms with Crippen LogP contribution in [0.25, 0.3) is 65.3 Å². The van der Waals surface area contributed by atoms with Gasteiger partial charge in [-0.05, 0) is 64.4 Å². The summed E-state index contributed by atoms with van der Waals surface area (Å²) in [5, 5.41) is 9.97. The van der Waals surface area contributed by atoms with E-state index in [0.717, 1.165) is 23.1 Å². The molecule has 0 radical (unpaired) electrons. The fraction of sp³-hybridized carbons (Fsp3) is 0.179. The fourth-order valence-corrected chi connectivity index (χ4v) is 7.02. The Hall–Kier alpha value is -4.56. The Morgan fingerprint density at radius 1 is 0.659 bits per heavy atom. The van der Waals surface area contributed by atoms with Crippen LogP contribution in [0.1, 0.15) is 43.0 Å². The molecule has 0 aliphatic heterocycles. The average molecular weight is 532 g/mol. The monoisotopic (exact) mass is 531 g/mol. The van der Waals surface area contributed by atoms with Crippen LogP contribution in [0.4, 0.5) is 0 Å². The fourth-order valence-electron chi connectivity index (χ4n) is 7.02. The summed E-state index contributed by atoms with van der Waals surface area (Å²) in [7, 11) is 0. The number of hydrogen-bond donors (Lipinski definition) is 0. The van der Waals surface area contributed by atoms with Crippen molar-refractivity contribution in [2.75, 3.05) is 0 Å². The third kappa shape index (κ3) is 3.50. The van der Waals surface area contributed by atoms with Gasteiger partial charge in [0.1, 0.15) is 11.2 Å². The second kappa shape index (κ2) is 8.47. The molecule has 41 heavy (non-hydrogen) atoms. The first-order valence-electron chi connectivity index (χ1n) is 14.6. The molecular weight excluding hydrogens is 498 g/mol. The van der Waals surface area contributed by atoms with Gasteiger partial charge in [-0.15, -0.1) is 0 Å². The summed E-state index contributed by atoms with van der Waals surface area (Å²) in [6.07, 6.45) is 0. The number of nitrogens with zero attached hydrogens (tertiary/aromatic N) is 1. The summed E-state index contributed by atoms with van der Waals surface area (Å²) in [5.74, 6) is 0. The largest absolute Gasteiger partial charge is 0.455 e. The highest BCUT2D eigenvalue weighted by atomic mass is 16.3. The molecule has 0 atom stereocenters. The summed E-state index contributed by atoms with van der Waals surface area (Å²) in [6, 6.07) is 35.7. The van der Waals surface area contributed by atoms with Crippen molar-refractivity contribution in [3.63, 3.8) is 0 Å². The predicted octanol–water partition coefficient (Wildman–Crippen LogP) is 11.0. The number of aromatic nitrogens is 1. The minimum Gasteiger partial charge on any atom is -0.455 e. The molecule has 0 N–H and O–H groups in total. The molecule has 0 bridgehead atoms. The van der Waals surface area contributed by atoms with Gasteiger partial charge in [-0.3, -0.25) is 0 Å². The molecule has 0 aliphatic rings. The summed E-state index contributed by atoms with van der Waals surface area (Å²) >= 11 is 0. The molecule has 2 nitrogen and oxygen atoms in total. The SMILES string of the molecule is Cc1cc(C)c2c3c4c(oc5ccc6cc(C(C)(C)C)ccc6c54)c4ccccc4c3n(Cc3ccccc3)c2c1. The van der Waals surface area contributed by atoms with Crippen LogP contribution in [0.15, 0.2) is 101 Å². The zero-order chi connectivity index (χ0) is 28.0. The van der Waals surface area contributed by atoms with Crippen LogP contribution in [0.3, 0.4) is 0 Å². The van der Waals surface area contributed by atoms with Crippen LogP contribution >= 0.6 is 0 Å². The van der Waals surface area contributed by atoms with Gasteiger partial charge < -0.3 is 8.98 Å². The first-order valence-corrected chi connectivity index (χ1v) is 14.6. The Kier molecular flexibility index (Phi) is 5.01. The highest BCUT2D eigenvalue weighted by molar-refractivity contribution is 6.38. The highest BCUT2D eigenvalue weighted by Crippen LogP contribution is 2.47. The minimum absolute atomic E-state index is 0.0882. The van der Waals surface area contributed by atoms with Gasteiger partial charge in [0.15, 0.2) is 0 Å². The molecule has 2 aromatic heterocycles. The number of aryl methyl sites for hydroxylation is 2. The molecule has 8 rings (SSSR count). The first kappa shape index (κ1) is 24.3. The van der Waals surface area contributed by atoms with Crippen molar-refractivity contribution in [1.29, 1.82) is 0 Å². The second-order valence-corrected chi connectivity index (χ2v) is 12.7. The lowest BCUT2D eigenvalue weighted by Crippen LogP contribution is -2.10. The van der Waals surface area contributed by atoms with Gasteiger partial charge in [0.2, 0.25) is 0 Å². The number of furan rings is 1. The molecule has 0 aliphatic carbocycles. The molecule has 0 fully saturated rings. The Morgan fingerprint density at radius 3 is 2.20 bits per heavy atom. The Balaban J connectivity index is 1.64. The highest BCUT2D eigenvalue weighted by Gasteiger charge is 2.24. The van der Waals surface area contributed by atoms with Gasteiger partial charge in [0, 0.05) is 44.4 Å². The van der Waals surface area contributed by atoms with Crippen molar-refractivity contribution in [2.24, 2.45) is 0 Å². The molecule has 200 valence electrons. The van der Waals surface area contributed by atoms with Crippen molar-refractivity contribution in [3.8, 4) is 0 Å². The number of fused-ring (bicyclic) bond motifs is 12. The van der Waals surface area contributed by atoms with E-state index in [4.69, 9.17) is 4.42 Å². The number of hydrogen-bond acceptors (Lipinski definition) is 1. The number of rotatable bonds is 2. The molecule has 8 aromatic rings. The van der Waals surface area contributed by atoms with Gasteiger partial charge in [-0.2, -0.15) is 0 Å². The molecule has 0 saturated carbocycles. The van der Waals surface area contributed by atoms with Gasteiger partial charge in [-0.1, -0.05) is 106 Å². The quantitative estimate of drug-likeness (QED) is 0.217. The van der Waals surface area contributed by atoms with Crippen LogP contribution < -0.4 is 0 Å². The summed E-state index contributed by atoms with van der Waals surface area (Å²) < 4.78 is 9.36. The third-order valence-electron chi connectivity index (χ3n) is 8.90. The van der Waals surface area contributed by atoms with Crippen LogP contribution in [0.2, 0.25) is 0 Å². The van der Waals surface area contributed by atoms with E-state index in [-0.39, 0.29) is 5.41 Å². The molecule has 2 heteroatoms. The molecule has 0 amide bonds. The Labute approximate surface area is 239 Å².